The largest absolute Gasteiger partial charge is 0.363 e. The first-order valence-corrected chi connectivity index (χ1v) is 9.18. The lowest BCUT2D eigenvalue weighted by atomic mass is 10.0. The molecule has 2 aromatic carbocycles. The SMILES string of the molecule is CC1=C2CN(c3cccc(Cl)c3)N=C2CCN1CC#Cc1ccccc1. The number of hydrazone groups is 1. The van der Waals surface area contributed by atoms with Gasteiger partial charge in [-0.2, -0.15) is 5.10 Å². The summed E-state index contributed by atoms with van der Waals surface area (Å²) < 4.78 is 0. The third-order valence-corrected chi connectivity index (χ3v) is 5.05. The van der Waals surface area contributed by atoms with E-state index in [0.29, 0.717) is 0 Å². The lowest BCUT2D eigenvalue weighted by molar-refractivity contribution is 0.387. The molecule has 0 aliphatic carbocycles. The Kier molecular flexibility index (Phi) is 4.69. The van der Waals surface area contributed by atoms with Crippen molar-refractivity contribution in [2.75, 3.05) is 24.6 Å². The van der Waals surface area contributed by atoms with Crippen LogP contribution in [0.1, 0.15) is 18.9 Å². The topological polar surface area (TPSA) is 18.8 Å². The number of hydrogen-bond donors (Lipinski definition) is 0. The zero-order valence-corrected chi connectivity index (χ0v) is 15.5. The van der Waals surface area contributed by atoms with Crippen molar-refractivity contribution >= 4 is 23.0 Å². The molecule has 0 aromatic heterocycles. The molecule has 0 atom stereocenters. The molecule has 0 saturated carbocycles. The van der Waals surface area contributed by atoms with E-state index in [1.807, 2.05) is 59.6 Å². The standard InChI is InChI=1S/C22H20ClN3/c1-17-21-16-26(20-11-5-10-19(23)15-20)24-22(21)12-14-25(17)13-6-9-18-7-3-2-4-8-18/h2-5,7-8,10-11,15H,12-14,16H2,1H3. The average Bonchev–Trinajstić information content (AvgIpc) is 3.10. The zero-order valence-electron chi connectivity index (χ0n) is 14.7. The second-order valence-corrected chi connectivity index (χ2v) is 6.92. The summed E-state index contributed by atoms with van der Waals surface area (Å²) in [7, 11) is 0. The summed E-state index contributed by atoms with van der Waals surface area (Å²) >= 11 is 6.13. The van der Waals surface area contributed by atoms with E-state index in [9.17, 15) is 0 Å². The molecule has 0 amide bonds. The van der Waals surface area contributed by atoms with Crippen molar-refractivity contribution in [1.29, 1.82) is 0 Å². The number of anilines is 1. The zero-order chi connectivity index (χ0) is 17.9. The first-order chi connectivity index (χ1) is 12.7. The lowest BCUT2D eigenvalue weighted by Crippen LogP contribution is -2.32. The molecule has 0 fully saturated rings. The lowest BCUT2D eigenvalue weighted by Gasteiger charge is -2.29. The monoisotopic (exact) mass is 361 g/mol. The van der Waals surface area contributed by atoms with Gasteiger partial charge in [-0.15, -0.1) is 0 Å². The molecule has 0 unspecified atom stereocenters. The van der Waals surface area contributed by atoms with Gasteiger partial charge in [-0.3, -0.25) is 5.01 Å². The van der Waals surface area contributed by atoms with Gasteiger partial charge in [0.1, 0.15) is 0 Å². The molecule has 130 valence electrons. The van der Waals surface area contributed by atoms with E-state index in [0.717, 1.165) is 42.3 Å². The van der Waals surface area contributed by atoms with Crippen molar-refractivity contribution in [3.8, 4) is 11.8 Å². The van der Waals surface area contributed by atoms with Gasteiger partial charge in [0.15, 0.2) is 0 Å². The Balaban J connectivity index is 1.50. The highest BCUT2D eigenvalue weighted by molar-refractivity contribution is 6.30. The van der Waals surface area contributed by atoms with Crippen molar-refractivity contribution in [2.45, 2.75) is 13.3 Å². The van der Waals surface area contributed by atoms with Crippen LogP contribution in [0.5, 0.6) is 0 Å². The molecule has 4 heteroatoms. The third kappa shape index (κ3) is 3.47. The minimum atomic E-state index is 0.737. The van der Waals surface area contributed by atoms with Gasteiger partial charge < -0.3 is 4.90 Å². The van der Waals surface area contributed by atoms with Crippen molar-refractivity contribution in [3.63, 3.8) is 0 Å². The van der Waals surface area contributed by atoms with Crippen LogP contribution >= 0.6 is 11.6 Å². The first kappa shape index (κ1) is 16.8. The maximum atomic E-state index is 6.13. The minimum absolute atomic E-state index is 0.737. The van der Waals surface area contributed by atoms with E-state index in [4.69, 9.17) is 16.7 Å². The summed E-state index contributed by atoms with van der Waals surface area (Å²) in [5.41, 5.74) is 5.88. The number of allylic oxidation sites excluding steroid dienone is 1. The Labute approximate surface area is 159 Å². The fourth-order valence-electron chi connectivity index (χ4n) is 3.35. The summed E-state index contributed by atoms with van der Waals surface area (Å²) in [5, 5.41) is 7.58. The van der Waals surface area contributed by atoms with Crippen molar-refractivity contribution in [2.24, 2.45) is 5.10 Å². The normalized spacial score (nSPS) is 16.2. The Morgan fingerprint density at radius 2 is 1.96 bits per heavy atom. The molecule has 0 spiro atoms. The van der Waals surface area contributed by atoms with Crippen molar-refractivity contribution in [3.05, 3.63) is 76.5 Å². The van der Waals surface area contributed by atoms with Gasteiger partial charge in [-0.25, -0.2) is 0 Å². The van der Waals surface area contributed by atoms with Crippen LogP contribution in [0.2, 0.25) is 5.02 Å². The Morgan fingerprint density at radius 3 is 2.77 bits per heavy atom. The molecular formula is C22H20ClN3. The number of halogens is 1. The van der Waals surface area contributed by atoms with Gasteiger partial charge in [0.2, 0.25) is 0 Å². The van der Waals surface area contributed by atoms with Crippen LogP contribution in [0, 0.1) is 11.8 Å². The van der Waals surface area contributed by atoms with E-state index in [2.05, 4.69) is 23.7 Å². The average molecular weight is 362 g/mol. The van der Waals surface area contributed by atoms with Crippen LogP contribution in [0.15, 0.2) is 71.0 Å². The van der Waals surface area contributed by atoms with Gasteiger partial charge in [0, 0.05) is 34.8 Å². The van der Waals surface area contributed by atoms with Gasteiger partial charge in [0.05, 0.1) is 24.5 Å². The maximum Gasteiger partial charge on any atom is 0.0795 e. The van der Waals surface area contributed by atoms with Crippen LogP contribution in [0.3, 0.4) is 0 Å². The summed E-state index contributed by atoms with van der Waals surface area (Å²) in [6.45, 7) is 4.68. The molecule has 4 rings (SSSR count). The number of benzene rings is 2. The van der Waals surface area contributed by atoms with E-state index in [-0.39, 0.29) is 0 Å². The molecule has 26 heavy (non-hydrogen) atoms. The molecule has 3 nitrogen and oxygen atoms in total. The maximum absolute atomic E-state index is 6.13. The Morgan fingerprint density at radius 1 is 1.12 bits per heavy atom. The molecule has 2 aliphatic rings. The van der Waals surface area contributed by atoms with Crippen LogP contribution in [0.4, 0.5) is 5.69 Å². The molecular weight excluding hydrogens is 342 g/mol. The molecule has 2 aliphatic heterocycles. The highest BCUT2D eigenvalue weighted by Crippen LogP contribution is 2.30. The van der Waals surface area contributed by atoms with Crippen LogP contribution in [-0.4, -0.2) is 30.2 Å². The third-order valence-electron chi connectivity index (χ3n) is 4.81. The Hall–Kier alpha value is -2.70. The fourth-order valence-corrected chi connectivity index (χ4v) is 3.53. The quantitative estimate of drug-likeness (QED) is 0.731. The smallest absolute Gasteiger partial charge is 0.0795 e. The molecule has 0 radical (unpaired) electrons. The summed E-state index contributed by atoms with van der Waals surface area (Å²) in [4.78, 5) is 2.35. The number of hydrogen-bond acceptors (Lipinski definition) is 3. The van der Waals surface area contributed by atoms with E-state index >= 15 is 0 Å². The first-order valence-electron chi connectivity index (χ1n) is 8.80. The second kappa shape index (κ2) is 7.27. The Bertz CT molecular complexity index is 935. The highest BCUT2D eigenvalue weighted by Gasteiger charge is 2.28. The number of fused-ring (bicyclic) bond motifs is 1. The summed E-state index contributed by atoms with van der Waals surface area (Å²) in [6.07, 6.45) is 0.955. The van der Waals surface area contributed by atoms with E-state index in [1.54, 1.807) is 0 Å². The van der Waals surface area contributed by atoms with E-state index < -0.39 is 0 Å². The number of nitrogens with zero attached hydrogens (tertiary/aromatic N) is 3. The van der Waals surface area contributed by atoms with Crippen molar-refractivity contribution < 1.29 is 0 Å². The van der Waals surface area contributed by atoms with Crippen LogP contribution in [-0.2, 0) is 0 Å². The molecule has 0 N–H and O–H groups in total. The molecule has 2 aromatic rings. The fraction of sp³-hybridized carbons (Fsp3) is 0.227. The predicted molar refractivity (Wildman–Crippen MR) is 108 cm³/mol. The van der Waals surface area contributed by atoms with E-state index in [1.165, 1.54) is 17.0 Å². The highest BCUT2D eigenvalue weighted by atomic mass is 35.5. The minimum Gasteiger partial charge on any atom is -0.363 e. The molecule has 0 saturated heterocycles. The van der Waals surface area contributed by atoms with Gasteiger partial charge in [0.25, 0.3) is 0 Å². The van der Waals surface area contributed by atoms with Gasteiger partial charge in [-0.05, 0) is 37.3 Å². The predicted octanol–water partition coefficient (Wildman–Crippen LogP) is 4.55. The summed E-state index contributed by atoms with van der Waals surface area (Å²) in [6, 6.07) is 18.0. The molecule has 0 bridgehead atoms. The van der Waals surface area contributed by atoms with Crippen LogP contribution < -0.4 is 5.01 Å². The summed E-state index contributed by atoms with van der Waals surface area (Å²) in [5.74, 6) is 6.55. The second-order valence-electron chi connectivity index (χ2n) is 6.49. The molecule has 2 heterocycles. The number of rotatable bonds is 2. The van der Waals surface area contributed by atoms with Gasteiger partial charge in [-0.1, -0.05) is 47.7 Å². The van der Waals surface area contributed by atoms with Gasteiger partial charge >= 0.3 is 0 Å². The van der Waals surface area contributed by atoms with Crippen LogP contribution in [0.25, 0.3) is 0 Å². The van der Waals surface area contributed by atoms with Crippen molar-refractivity contribution in [1.82, 2.24) is 4.90 Å².